The van der Waals surface area contributed by atoms with Crippen LogP contribution in [0.5, 0.6) is 11.6 Å². The van der Waals surface area contributed by atoms with Gasteiger partial charge in [-0.3, -0.25) is 4.79 Å². The van der Waals surface area contributed by atoms with Gasteiger partial charge in [0.1, 0.15) is 11.3 Å². The number of carbonyl (C=O) groups excluding carboxylic acids is 2. The number of benzene rings is 1. The number of nitrogens with zero attached hydrogens (tertiary/aromatic N) is 4. The minimum absolute atomic E-state index is 0.105. The van der Waals surface area contributed by atoms with Crippen LogP contribution in [0.1, 0.15) is 56.8 Å². The summed E-state index contributed by atoms with van der Waals surface area (Å²) in [7, 11) is 1.04. The Morgan fingerprint density at radius 3 is 2.33 bits per heavy atom. The van der Waals surface area contributed by atoms with Crippen LogP contribution < -0.4 is 10.1 Å². The molecule has 0 amide bonds. The number of aromatic nitrogens is 2. The number of hydrogen-bond donors (Lipinski definition) is 1. The van der Waals surface area contributed by atoms with E-state index >= 15 is 0 Å². The highest BCUT2D eigenvalue weighted by molar-refractivity contribution is 6.08. The second-order valence-corrected chi connectivity index (χ2v) is 9.11. The fourth-order valence-electron chi connectivity index (χ4n) is 4.89. The molecule has 3 saturated carbocycles. The van der Waals surface area contributed by atoms with Crippen molar-refractivity contribution in [1.29, 1.82) is 10.5 Å². The first-order chi connectivity index (χ1) is 17.1. The number of carbonyl (C=O) groups is 2. The molecule has 1 N–H and O–H groups in total. The number of nitriles is 2. The van der Waals surface area contributed by atoms with Gasteiger partial charge in [-0.25, -0.2) is 18.6 Å². The van der Waals surface area contributed by atoms with Crippen molar-refractivity contribution in [3.05, 3.63) is 46.2 Å². The minimum Gasteiger partial charge on any atom is -0.464 e. The van der Waals surface area contributed by atoms with Crippen LogP contribution in [0, 0.1) is 41.9 Å². The van der Waals surface area contributed by atoms with Gasteiger partial charge in [0, 0.05) is 11.6 Å². The van der Waals surface area contributed by atoms with E-state index in [9.17, 15) is 23.6 Å². The molecule has 0 spiro atoms. The maximum Gasteiger partial charge on any atom is 0.357 e. The molecule has 0 unspecified atom stereocenters. The van der Waals surface area contributed by atoms with Gasteiger partial charge >= 0.3 is 12.4 Å². The Bertz CT molecular complexity index is 1350. The van der Waals surface area contributed by atoms with E-state index in [1.165, 1.54) is 6.08 Å². The second kappa shape index (κ2) is 9.00. The van der Waals surface area contributed by atoms with E-state index in [0.29, 0.717) is 36.0 Å². The summed E-state index contributed by atoms with van der Waals surface area (Å²) in [6, 6.07) is 7.58. The number of halogens is 2. The minimum atomic E-state index is -3.45. The largest absolute Gasteiger partial charge is 0.464 e. The van der Waals surface area contributed by atoms with Crippen molar-refractivity contribution in [2.75, 3.05) is 12.4 Å². The number of alkyl halides is 2. The number of Topliss-reactive ketones (excluding diaryl/α,β-unsaturated/α-hetero) is 1. The Balaban J connectivity index is 1.80. The van der Waals surface area contributed by atoms with Crippen molar-refractivity contribution < 1.29 is 27.8 Å². The lowest BCUT2D eigenvalue weighted by atomic mass is 9.40. The van der Waals surface area contributed by atoms with Gasteiger partial charge in [0.2, 0.25) is 17.6 Å². The van der Waals surface area contributed by atoms with E-state index < -0.39 is 40.9 Å². The van der Waals surface area contributed by atoms with Gasteiger partial charge < -0.3 is 14.8 Å². The molecule has 5 rings (SSSR count). The maximum atomic E-state index is 13.5. The molecule has 3 aliphatic rings. The lowest BCUT2D eigenvalue weighted by Gasteiger charge is -2.66. The van der Waals surface area contributed by atoms with Crippen LogP contribution in [0.15, 0.2) is 18.2 Å². The number of esters is 1. The first-order valence-electron chi connectivity index (χ1n) is 10.9. The van der Waals surface area contributed by atoms with Gasteiger partial charge in [-0.05, 0) is 68.0 Å². The van der Waals surface area contributed by atoms with Crippen LogP contribution in [0.25, 0.3) is 6.08 Å². The summed E-state index contributed by atoms with van der Waals surface area (Å²) >= 11 is 0. The summed E-state index contributed by atoms with van der Waals surface area (Å²) in [5.74, 6) is -3.18. The average Bonchev–Trinajstić information content (AvgIpc) is 2.79. The molecule has 36 heavy (non-hydrogen) atoms. The molecule has 2 aromatic rings. The van der Waals surface area contributed by atoms with Gasteiger partial charge in [-0.15, -0.1) is 0 Å². The first kappa shape index (κ1) is 24.7. The third-order valence-corrected chi connectivity index (χ3v) is 6.38. The van der Waals surface area contributed by atoms with E-state index in [2.05, 4.69) is 21.4 Å². The van der Waals surface area contributed by atoms with Gasteiger partial charge in [-0.1, -0.05) is 0 Å². The lowest BCUT2D eigenvalue weighted by molar-refractivity contribution is -0.0665. The van der Waals surface area contributed by atoms with Gasteiger partial charge in [0.05, 0.1) is 24.7 Å². The van der Waals surface area contributed by atoms with Crippen molar-refractivity contribution in [1.82, 2.24) is 9.97 Å². The summed E-state index contributed by atoms with van der Waals surface area (Å²) < 4.78 is 37.7. The standard InChI is InChI=1S/C25H21F2N5O4/c1-13-7-15(5-4-6-28)8-14(2)19(13)36-21-16(18(33)20(26)27)17(22(34)35-3)30-23(31-21)32-25-9-24(10-25,11-25)12-29/h4-5,7-8,20H,9-11H2,1-3H3,(H,30,31,32)/b5-4+. The highest BCUT2D eigenvalue weighted by atomic mass is 19.3. The number of rotatable bonds is 8. The number of aryl methyl sites for hydroxylation is 2. The Kier molecular flexibility index (Phi) is 6.19. The molecule has 0 atom stereocenters. The predicted molar refractivity (Wildman–Crippen MR) is 123 cm³/mol. The predicted octanol–water partition coefficient (Wildman–Crippen LogP) is 4.52. The highest BCUT2D eigenvalue weighted by Crippen LogP contribution is 2.67. The van der Waals surface area contributed by atoms with E-state index in [4.69, 9.17) is 14.7 Å². The number of ether oxygens (including phenoxy) is 2. The molecule has 1 aromatic heterocycles. The number of methoxy groups -OCH3 is 1. The van der Waals surface area contributed by atoms with Crippen molar-refractivity contribution in [3.8, 4) is 23.8 Å². The quantitative estimate of drug-likeness (QED) is 0.320. The van der Waals surface area contributed by atoms with Crippen LogP contribution in [-0.2, 0) is 4.74 Å². The first-order valence-corrected chi connectivity index (χ1v) is 10.9. The van der Waals surface area contributed by atoms with Crippen molar-refractivity contribution in [2.24, 2.45) is 5.41 Å². The van der Waals surface area contributed by atoms with E-state index in [1.807, 2.05) is 6.07 Å². The molecule has 0 radical (unpaired) electrons. The number of ketones is 1. The molecule has 0 saturated heterocycles. The van der Waals surface area contributed by atoms with Crippen molar-refractivity contribution in [2.45, 2.75) is 45.1 Å². The number of anilines is 1. The van der Waals surface area contributed by atoms with E-state index in [1.54, 1.807) is 32.1 Å². The van der Waals surface area contributed by atoms with Crippen LogP contribution in [0.2, 0.25) is 0 Å². The third kappa shape index (κ3) is 4.24. The molecule has 184 valence electrons. The van der Waals surface area contributed by atoms with Crippen LogP contribution in [0.4, 0.5) is 14.7 Å². The second-order valence-electron chi connectivity index (χ2n) is 9.11. The molecule has 1 aromatic carbocycles. The monoisotopic (exact) mass is 493 g/mol. The molecule has 3 aliphatic carbocycles. The Morgan fingerprint density at radius 1 is 1.17 bits per heavy atom. The van der Waals surface area contributed by atoms with Crippen LogP contribution >= 0.6 is 0 Å². The Morgan fingerprint density at radius 2 is 1.81 bits per heavy atom. The molecular formula is C25H21F2N5O4. The molecular weight excluding hydrogens is 472 g/mol. The zero-order chi connectivity index (χ0) is 26.3. The lowest BCUT2D eigenvalue weighted by Crippen LogP contribution is -2.70. The Labute approximate surface area is 205 Å². The zero-order valence-corrected chi connectivity index (χ0v) is 19.7. The Hall–Kier alpha value is -4.38. The molecule has 2 bridgehead atoms. The summed E-state index contributed by atoms with van der Waals surface area (Å²) in [4.78, 5) is 33.2. The zero-order valence-electron chi connectivity index (χ0n) is 19.7. The number of allylic oxidation sites excluding steroid dienone is 1. The summed E-state index contributed by atoms with van der Waals surface area (Å²) in [5, 5.41) is 21.1. The van der Waals surface area contributed by atoms with Crippen LogP contribution in [0.3, 0.4) is 0 Å². The molecule has 1 heterocycles. The summed E-state index contributed by atoms with van der Waals surface area (Å²) in [6.07, 6.45) is 1.11. The summed E-state index contributed by atoms with van der Waals surface area (Å²) in [6.45, 7) is 3.40. The normalized spacial score (nSPS) is 21.7. The molecule has 0 aliphatic heterocycles. The van der Waals surface area contributed by atoms with E-state index in [0.717, 1.165) is 7.11 Å². The van der Waals surface area contributed by atoms with Gasteiger partial charge in [0.15, 0.2) is 5.69 Å². The van der Waals surface area contributed by atoms with Gasteiger partial charge in [-0.2, -0.15) is 15.5 Å². The summed E-state index contributed by atoms with van der Waals surface area (Å²) in [5.41, 5.74) is -0.425. The number of hydrogen-bond acceptors (Lipinski definition) is 9. The fraction of sp³-hybridized carbons (Fsp3) is 0.360. The molecule has 9 nitrogen and oxygen atoms in total. The number of nitrogens with one attached hydrogen (secondary N) is 1. The molecule has 3 fully saturated rings. The smallest absolute Gasteiger partial charge is 0.357 e. The van der Waals surface area contributed by atoms with Crippen molar-refractivity contribution in [3.63, 3.8) is 0 Å². The third-order valence-electron chi connectivity index (χ3n) is 6.38. The topological polar surface area (TPSA) is 138 Å². The maximum absolute atomic E-state index is 13.5. The SMILES string of the molecule is COC(=O)c1nc(NC23CC(C#N)(C2)C3)nc(Oc2c(C)cc(/C=C/C#N)cc2C)c1C(=O)C(F)F. The van der Waals surface area contributed by atoms with E-state index in [-0.39, 0.29) is 17.1 Å². The fourth-order valence-corrected chi connectivity index (χ4v) is 4.89. The van der Waals surface area contributed by atoms with Gasteiger partial charge in [0.25, 0.3) is 0 Å². The van der Waals surface area contributed by atoms with Crippen LogP contribution in [-0.4, -0.2) is 40.8 Å². The van der Waals surface area contributed by atoms with Crippen molar-refractivity contribution >= 4 is 23.8 Å². The average molecular weight is 493 g/mol. The highest BCUT2D eigenvalue weighted by Gasteiger charge is 2.69. The molecule has 11 heteroatoms.